The van der Waals surface area contributed by atoms with Crippen molar-refractivity contribution in [3.05, 3.63) is 82.9 Å². The molecule has 0 aromatic heterocycles. The summed E-state index contributed by atoms with van der Waals surface area (Å²) >= 11 is 0. The van der Waals surface area contributed by atoms with Crippen LogP contribution in [0.2, 0.25) is 0 Å². The number of ether oxygens (including phenoxy) is 4. The molecule has 0 radical (unpaired) electrons. The second-order valence-electron chi connectivity index (χ2n) is 14.5. The fourth-order valence-electron chi connectivity index (χ4n) is 5.54. The Labute approximate surface area is 317 Å². The van der Waals surface area contributed by atoms with Crippen molar-refractivity contribution in [1.29, 1.82) is 0 Å². The largest absolute Gasteiger partial charge is 0.456 e. The van der Waals surface area contributed by atoms with Crippen LogP contribution in [0.15, 0.2) is 60.7 Å². The van der Waals surface area contributed by atoms with Crippen LogP contribution in [0, 0.1) is 0 Å². The first kappa shape index (κ1) is 39.4. The molecule has 0 amide bonds. The van der Waals surface area contributed by atoms with Gasteiger partial charge in [-0.05, 0) is 43.2 Å². The number of fused-ring (bicyclic) bond motifs is 6. The van der Waals surface area contributed by atoms with Crippen molar-refractivity contribution >= 4 is 61.1 Å². The Hall–Kier alpha value is -2.81. The molecule has 3 aromatic carbocycles. The zero-order valence-electron chi connectivity index (χ0n) is 30.2. The average Bonchev–Trinajstić information content (AvgIpc) is 3.35. The van der Waals surface area contributed by atoms with E-state index in [4.69, 9.17) is 18.9 Å². The van der Waals surface area contributed by atoms with Gasteiger partial charge in [-0.1, -0.05) is 61.4 Å². The molecule has 2 heterocycles. The normalized spacial score (nSPS) is 14.3. The van der Waals surface area contributed by atoms with Gasteiger partial charge in [0, 0.05) is 53.2 Å². The van der Waals surface area contributed by atoms with E-state index >= 15 is 0 Å². The molecular formula is C38H48N2O7S4+2. The zero-order chi connectivity index (χ0) is 36.6. The van der Waals surface area contributed by atoms with Gasteiger partial charge >= 0.3 is 17.9 Å². The average molecular weight is 773 g/mol. The lowest BCUT2D eigenvalue weighted by Gasteiger charge is -2.36. The predicted molar refractivity (Wildman–Crippen MR) is 210 cm³/mol. The van der Waals surface area contributed by atoms with Crippen molar-refractivity contribution in [1.82, 2.24) is 0 Å². The van der Waals surface area contributed by atoms with Crippen LogP contribution in [-0.2, 0) is 19.9 Å². The molecule has 2 aliphatic rings. The Morgan fingerprint density at radius 1 is 0.647 bits per heavy atom. The van der Waals surface area contributed by atoms with E-state index < -0.39 is 11.6 Å². The van der Waals surface area contributed by atoms with Gasteiger partial charge in [0.1, 0.15) is 23.0 Å². The highest BCUT2D eigenvalue weighted by molar-refractivity contribution is 8.77. The van der Waals surface area contributed by atoms with Gasteiger partial charge in [0.2, 0.25) is 0 Å². The molecule has 1 spiro atoms. The van der Waals surface area contributed by atoms with Gasteiger partial charge in [-0.25, -0.2) is 4.79 Å². The quantitative estimate of drug-likeness (QED) is 0.0418. The van der Waals surface area contributed by atoms with Crippen LogP contribution in [0.25, 0.3) is 0 Å². The van der Waals surface area contributed by atoms with E-state index in [0.717, 1.165) is 45.1 Å². The third kappa shape index (κ3) is 10.6. The lowest BCUT2D eigenvalue weighted by atomic mass is 9.77. The highest BCUT2D eigenvalue weighted by atomic mass is 33.1. The van der Waals surface area contributed by atoms with Crippen molar-refractivity contribution < 1.29 is 42.3 Å². The summed E-state index contributed by atoms with van der Waals surface area (Å²) in [5.74, 6) is 4.14. The third-order valence-electron chi connectivity index (χ3n) is 8.19. The minimum atomic E-state index is -1.29. The molecule has 51 heavy (non-hydrogen) atoms. The van der Waals surface area contributed by atoms with E-state index in [1.807, 2.05) is 33.7 Å². The van der Waals surface area contributed by atoms with Crippen molar-refractivity contribution in [2.45, 2.75) is 31.3 Å². The molecule has 0 atom stereocenters. The van der Waals surface area contributed by atoms with Crippen LogP contribution < -0.4 is 14.2 Å². The van der Waals surface area contributed by atoms with Crippen LogP contribution in [-0.4, -0.2) is 105 Å². The first-order valence-corrected chi connectivity index (χ1v) is 22.0. The van der Waals surface area contributed by atoms with Crippen molar-refractivity contribution in [2.24, 2.45) is 0 Å². The summed E-state index contributed by atoms with van der Waals surface area (Å²) in [5, 5.41) is 0. The smallest absolute Gasteiger partial charge is 0.340 e. The van der Waals surface area contributed by atoms with Crippen molar-refractivity contribution in [3.8, 4) is 23.0 Å². The van der Waals surface area contributed by atoms with Gasteiger partial charge in [-0.3, -0.25) is 9.59 Å². The minimum absolute atomic E-state index is 0.293. The second kappa shape index (κ2) is 17.3. The van der Waals surface area contributed by atoms with E-state index in [1.165, 1.54) is 0 Å². The van der Waals surface area contributed by atoms with Gasteiger partial charge < -0.3 is 27.9 Å². The molecule has 2 aliphatic heterocycles. The summed E-state index contributed by atoms with van der Waals surface area (Å²) < 4.78 is 25.9. The standard InChI is InChI=1S/C38H48N2O7S4/c1-39(2,3)19-23-50-48-21-9-13-35(41)44-27-15-17-31-33(25-27)46-34-26-28(45-36(42)14-10-22-49-51-24-20-40(4,5)6)16-18-32(34)38(31)30-12-8-7-11-29(30)37(43)47-38/h7-8,11-12,15-18,25-26H,9-10,13-14,19-24H2,1-6H3/q+2. The molecular weight excluding hydrogens is 725 g/mol. The number of hydrogen-bond donors (Lipinski definition) is 0. The van der Waals surface area contributed by atoms with E-state index in [9.17, 15) is 14.4 Å². The monoisotopic (exact) mass is 772 g/mol. The number of quaternary nitrogens is 2. The first-order chi connectivity index (χ1) is 24.2. The number of hydrogen-bond acceptors (Lipinski definition) is 11. The van der Waals surface area contributed by atoms with Gasteiger partial charge in [0.15, 0.2) is 5.60 Å². The van der Waals surface area contributed by atoms with Gasteiger partial charge in [-0.15, -0.1) is 0 Å². The van der Waals surface area contributed by atoms with Crippen LogP contribution in [0.3, 0.4) is 0 Å². The SMILES string of the molecule is C[N+](C)(C)CCSSCCCC(=O)Oc1ccc2c(c1)Oc1cc(OC(=O)CCCSSCC[N+](C)(C)C)ccc1C21OC(=O)c2ccccc21. The molecule has 0 saturated carbocycles. The second-order valence-corrected chi connectivity index (χ2v) is 19.9. The number of esters is 3. The molecule has 9 nitrogen and oxygen atoms in total. The summed E-state index contributed by atoms with van der Waals surface area (Å²) in [4.78, 5) is 38.8. The maximum atomic E-state index is 13.2. The summed E-state index contributed by atoms with van der Waals surface area (Å²) in [6.07, 6.45) is 2.01. The Morgan fingerprint density at radius 2 is 1.12 bits per heavy atom. The molecule has 13 heteroatoms. The van der Waals surface area contributed by atoms with Crippen LogP contribution in [0.1, 0.15) is 52.7 Å². The topological polar surface area (TPSA) is 88.1 Å². The fraction of sp³-hybridized carbons (Fsp3) is 0.447. The maximum Gasteiger partial charge on any atom is 0.340 e. The van der Waals surface area contributed by atoms with Gasteiger partial charge in [0.25, 0.3) is 0 Å². The molecule has 0 aliphatic carbocycles. The van der Waals surface area contributed by atoms with Gasteiger partial charge in [-0.2, -0.15) is 0 Å². The first-order valence-electron chi connectivity index (χ1n) is 17.1. The molecule has 0 unspecified atom stereocenters. The number of carbonyl (C=O) groups is 3. The van der Waals surface area contributed by atoms with E-state index in [2.05, 4.69) is 42.3 Å². The molecule has 274 valence electrons. The molecule has 0 fully saturated rings. The number of benzene rings is 3. The fourth-order valence-corrected chi connectivity index (χ4v) is 10.3. The maximum absolute atomic E-state index is 13.2. The van der Waals surface area contributed by atoms with Crippen LogP contribution in [0.5, 0.6) is 23.0 Å². The molecule has 0 N–H and O–H groups in total. The van der Waals surface area contributed by atoms with Gasteiger partial charge in [0.05, 0.1) is 72.4 Å². The van der Waals surface area contributed by atoms with Crippen molar-refractivity contribution in [3.63, 3.8) is 0 Å². The Morgan fingerprint density at radius 3 is 1.61 bits per heavy atom. The van der Waals surface area contributed by atoms with E-state index in [1.54, 1.807) is 70.1 Å². The number of rotatable bonds is 18. The molecule has 0 bridgehead atoms. The molecule has 0 saturated heterocycles. The number of carbonyl (C=O) groups excluding carboxylic acids is 3. The molecule has 3 aromatic rings. The van der Waals surface area contributed by atoms with E-state index in [-0.39, 0.29) is 11.9 Å². The highest BCUT2D eigenvalue weighted by Crippen LogP contribution is 2.57. The number of nitrogens with zero attached hydrogens (tertiary/aromatic N) is 2. The third-order valence-corrected chi connectivity index (χ3v) is 13.1. The van der Waals surface area contributed by atoms with Crippen molar-refractivity contribution in [2.75, 3.05) is 78.4 Å². The van der Waals surface area contributed by atoms with Crippen LogP contribution >= 0.6 is 43.2 Å². The Kier molecular flexibility index (Phi) is 13.4. The molecule has 5 rings (SSSR count). The van der Waals surface area contributed by atoms with Crippen LogP contribution in [0.4, 0.5) is 0 Å². The zero-order valence-corrected chi connectivity index (χ0v) is 33.5. The summed E-state index contributed by atoms with van der Waals surface area (Å²) in [7, 11) is 20.3. The summed E-state index contributed by atoms with van der Waals surface area (Å²) in [6.45, 7) is 2.17. The Balaban J connectivity index is 1.26. The lowest BCUT2D eigenvalue weighted by Crippen LogP contribution is -2.36. The summed E-state index contributed by atoms with van der Waals surface area (Å²) in [5.41, 5.74) is 1.07. The highest BCUT2D eigenvalue weighted by Gasteiger charge is 2.53. The lowest BCUT2D eigenvalue weighted by molar-refractivity contribution is -0.867. The Bertz CT molecular complexity index is 1630. The predicted octanol–water partition coefficient (Wildman–Crippen LogP) is 7.80. The summed E-state index contributed by atoms with van der Waals surface area (Å²) in [6, 6.07) is 17.6. The minimum Gasteiger partial charge on any atom is -0.456 e. The van der Waals surface area contributed by atoms with E-state index in [0.29, 0.717) is 70.9 Å².